The lowest BCUT2D eigenvalue weighted by molar-refractivity contribution is 0.266. The Morgan fingerprint density at radius 3 is 2.57 bits per heavy atom. The van der Waals surface area contributed by atoms with E-state index in [0.29, 0.717) is 23.8 Å². The highest BCUT2D eigenvalue weighted by Gasteiger charge is 2.07. The van der Waals surface area contributed by atoms with E-state index in [2.05, 4.69) is 24.3 Å². The molecular weight excluding hydrogens is 400 g/mol. The van der Waals surface area contributed by atoms with Crippen LogP contribution in [0.25, 0.3) is 10.2 Å². The number of hydrogen-bond donors (Lipinski definition) is 1. The van der Waals surface area contributed by atoms with Gasteiger partial charge in [0, 0.05) is 18.8 Å². The number of anilines is 1. The average molecular weight is 421 g/mol. The van der Waals surface area contributed by atoms with Crippen molar-refractivity contribution in [2.45, 2.75) is 13.3 Å². The van der Waals surface area contributed by atoms with E-state index in [0.717, 1.165) is 22.4 Å². The first-order valence-corrected chi connectivity index (χ1v) is 10.9. The standard InChI is InChI=1S/C18H20N4O4S2/c1-2-22(12-5-13-26-28(23,24)25)15-10-8-14(9-11-15)20-21-18-19-16-6-3-4-7-17(16)27-18/h3-4,6-11H,2,5,12-13H2,1H3,(H,23,24,25)/b21-20+. The minimum Gasteiger partial charge on any atom is -0.372 e. The summed E-state index contributed by atoms with van der Waals surface area (Å²) in [6.07, 6.45) is 0.465. The van der Waals surface area contributed by atoms with Gasteiger partial charge in [-0.25, -0.2) is 9.17 Å². The van der Waals surface area contributed by atoms with E-state index in [1.807, 2.05) is 55.5 Å². The number of benzene rings is 2. The van der Waals surface area contributed by atoms with Crippen molar-refractivity contribution in [2.24, 2.45) is 10.2 Å². The Bertz CT molecular complexity index is 1020. The van der Waals surface area contributed by atoms with Crippen molar-refractivity contribution in [1.29, 1.82) is 0 Å². The van der Waals surface area contributed by atoms with Crippen LogP contribution in [0.5, 0.6) is 0 Å². The summed E-state index contributed by atoms with van der Waals surface area (Å²) in [5.41, 5.74) is 2.61. The SMILES string of the molecule is CCN(CCCOS(=O)(=O)O)c1ccc(/N=N/c2nc3ccccc3s2)cc1. The summed E-state index contributed by atoms with van der Waals surface area (Å²) in [5.74, 6) is 0. The van der Waals surface area contributed by atoms with E-state index in [-0.39, 0.29) is 6.61 Å². The molecule has 3 rings (SSSR count). The highest BCUT2D eigenvalue weighted by molar-refractivity contribution is 7.80. The molecule has 0 bridgehead atoms. The first-order valence-electron chi connectivity index (χ1n) is 8.69. The lowest BCUT2D eigenvalue weighted by Crippen LogP contribution is -2.25. The highest BCUT2D eigenvalue weighted by Crippen LogP contribution is 2.29. The van der Waals surface area contributed by atoms with Crippen LogP contribution in [-0.2, 0) is 14.6 Å². The predicted molar refractivity (Wildman–Crippen MR) is 110 cm³/mol. The molecule has 1 heterocycles. The molecule has 28 heavy (non-hydrogen) atoms. The number of fused-ring (bicyclic) bond motifs is 1. The van der Waals surface area contributed by atoms with E-state index in [9.17, 15) is 8.42 Å². The van der Waals surface area contributed by atoms with Crippen LogP contribution in [0.15, 0.2) is 58.8 Å². The summed E-state index contributed by atoms with van der Waals surface area (Å²) < 4.78 is 35.1. The number of para-hydroxylation sites is 1. The highest BCUT2D eigenvalue weighted by atomic mass is 32.3. The molecule has 0 saturated carbocycles. The average Bonchev–Trinajstić information content (AvgIpc) is 3.09. The van der Waals surface area contributed by atoms with Crippen molar-refractivity contribution >= 4 is 48.5 Å². The van der Waals surface area contributed by atoms with Crippen molar-refractivity contribution in [2.75, 3.05) is 24.6 Å². The maximum Gasteiger partial charge on any atom is 0.397 e. The van der Waals surface area contributed by atoms with Crippen molar-refractivity contribution in [3.63, 3.8) is 0 Å². The molecule has 0 radical (unpaired) electrons. The molecule has 1 N–H and O–H groups in total. The Morgan fingerprint density at radius 2 is 1.89 bits per heavy atom. The van der Waals surface area contributed by atoms with Crippen molar-refractivity contribution in [3.05, 3.63) is 48.5 Å². The monoisotopic (exact) mass is 420 g/mol. The van der Waals surface area contributed by atoms with Gasteiger partial charge in [0.15, 0.2) is 0 Å². The van der Waals surface area contributed by atoms with Gasteiger partial charge in [-0.15, -0.1) is 10.2 Å². The number of thiazole rings is 1. The topological polar surface area (TPSA) is 104 Å². The summed E-state index contributed by atoms with van der Waals surface area (Å²) in [6, 6.07) is 15.4. The third-order valence-electron chi connectivity index (χ3n) is 3.93. The zero-order chi connectivity index (χ0) is 20.0. The largest absolute Gasteiger partial charge is 0.397 e. The van der Waals surface area contributed by atoms with Gasteiger partial charge >= 0.3 is 10.4 Å². The van der Waals surface area contributed by atoms with Crippen LogP contribution >= 0.6 is 11.3 Å². The minimum atomic E-state index is -4.38. The Kier molecular flexibility index (Phi) is 6.68. The number of hydrogen-bond acceptors (Lipinski definition) is 8. The van der Waals surface area contributed by atoms with Crippen LogP contribution < -0.4 is 4.90 Å². The van der Waals surface area contributed by atoms with Crippen molar-refractivity contribution in [3.8, 4) is 0 Å². The van der Waals surface area contributed by atoms with Gasteiger partial charge in [0.25, 0.3) is 0 Å². The number of rotatable bonds is 9. The van der Waals surface area contributed by atoms with Crippen LogP contribution in [0.2, 0.25) is 0 Å². The van der Waals surface area contributed by atoms with E-state index in [1.54, 1.807) is 0 Å². The van der Waals surface area contributed by atoms with E-state index in [1.165, 1.54) is 11.3 Å². The first kappa shape index (κ1) is 20.3. The maximum absolute atomic E-state index is 10.6. The molecule has 0 unspecified atom stereocenters. The Hall–Kier alpha value is -2.40. The molecule has 0 fully saturated rings. The zero-order valence-corrected chi connectivity index (χ0v) is 16.9. The Balaban J connectivity index is 1.59. The zero-order valence-electron chi connectivity index (χ0n) is 15.2. The molecule has 8 nitrogen and oxygen atoms in total. The maximum atomic E-state index is 10.6. The molecule has 0 saturated heterocycles. The summed E-state index contributed by atoms with van der Waals surface area (Å²) in [6.45, 7) is 3.28. The first-order chi connectivity index (χ1) is 13.4. The van der Waals surface area contributed by atoms with E-state index in [4.69, 9.17) is 4.55 Å². The fraction of sp³-hybridized carbons (Fsp3) is 0.278. The van der Waals surface area contributed by atoms with Crippen LogP contribution in [0.1, 0.15) is 13.3 Å². The summed E-state index contributed by atoms with van der Waals surface area (Å²) in [4.78, 5) is 6.49. The normalized spacial score (nSPS) is 12.1. The molecule has 0 aliphatic carbocycles. The molecule has 0 amide bonds. The molecular formula is C18H20N4O4S2. The summed E-state index contributed by atoms with van der Waals surface area (Å²) in [7, 11) is -4.38. The van der Waals surface area contributed by atoms with E-state index < -0.39 is 10.4 Å². The second-order valence-electron chi connectivity index (χ2n) is 5.86. The third kappa shape index (κ3) is 5.80. The number of aromatic nitrogens is 1. The Labute approximate surface area is 167 Å². The van der Waals surface area contributed by atoms with Gasteiger partial charge in [0.1, 0.15) is 0 Å². The summed E-state index contributed by atoms with van der Waals surface area (Å²) in [5, 5.41) is 9.06. The molecule has 0 spiro atoms. The fourth-order valence-electron chi connectivity index (χ4n) is 2.62. The molecule has 0 aliphatic heterocycles. The molecule has 10 heteroatoms. The second-order valence-corrected chi connectivity index (χ2v) is 7.96. The van der Waals surface area contributed by atoms with Gasteiger partial charge < -0.3 is 4.90 Å². The predicted octanol–water partition coefficient (Wildman–Crippen LogP) is 4.75. The van der Waals surface area contributed by atoms with Gasteiger partial charge in [-0.2, -0.15) is 8.42 Å². The van der Waals surface area contributed by atoms with E-state index >= 15 is 0 Å². The van der Waals surface area contributed by atoms with Crippen LogP contribution in [0.3, 0.4) is 0 Å². The van der Waals surface area contributed by atoms with Crippen LogP contribution in [0.4, 0.5) is 16.5 Å². The molecule has 0 atom stereocenters. The van der Waals surface area contributed by atoms with Crippen molar-refractivity contribution in [1.82, 2.24) is 4.98 Å². The second kappa shape index (κ2) is 9.20. The molecule has 148 valence electrons. The summed E-state index contributed by atoms with van der Waals surface area (Å²) >= 11 is 1.49. The van der Waals surface area contributed by atoms with Gasteiger partial charge in [-0.3, -0.25) is 4.55 Å². The molecule has 2 aromatic carbocycles. The molecule has 1 aromatic heterocycles. The van der Waals surface area contributed by atoms with Crippen LogP contribution in [0, 0.1) is 0 Å². The quantitative estimate of drug-likeness (QED) is 0.304. The molecule has 0 aliphatic rings. The van der Waals surface area contributed by atoms with Gasteiger partial charge in [0.2, 0.25) is 5.13 Å². The number of nitrogens with zero attached hydrogens (tertiary/aromatic N) is 4. The lowest BCUT2D eigenvalue weighted by Gasteiger charge is -2.22. The fourth-order valence-corrected chi connectivity index (χ4v) is 3.74. The molecule has 3 aromatic rings. The third-order valence-corrected chi connectivity index (χ3v) is 5.32. The Morgan fingerprint density at radius 1 is 1.14 bits per heavy atom. The lowest BCUT2D eigenvalue weighted by atomic mass is 10.2. The van der Waals surface area contributed by atoms with Gasteiger partial charge in [-0.1, -0.05) is 23.5 Å². The van der Waals surface area contributed by atoms with Gasteiger partial charge in [-0.05, 0) is 49.7 Å². The van der Waals surface area contributed by atoms with Gasteiger partial charge in [0.05, 0.1) is 22.5 Å². The minimum absolute atomic E-state index is 0.0657. The van der Waals surface area contributed by atoms with Crippen LogP contribution in [-0.4, -0.2) is 37.7 Å². The number of azo groups is 1. The van der Waals surface area contributed by atoms with Crippen molar-refractivity contribution < 1.29 is 17.2 Å². The smallest absolute Gasteiger partial charge is 0.372 e.